The number of hydrogen-bond acceptors (Lipinski definition) is 6. The largest absolute Gasteiger partial charge is 0.490 e. The summed E-state index contributed by atoms with van der Waals surface area (Å²) in [6, 6.07) is 7.57. The van der Waals surface area contributed by atoms with E-state index in [-0.39, 0.29) is 24.5 Å². The van der Waals surface area contributed by atoms with Crippen molar-refractivity contribution in [3.63, 3.8) is 0 Å². The van der Waals surface area contributed by atoms with E-state index in [1.807, 2.05) is 24.3 Å². The maximum Gasteiger partial charge on any atom is 0.305 e. The van der Waals surface area contributed by atoms with Gasteiger partial charge in [0.05, 0.1) is 41.1 Å². The van der Waals surface area contributed by atoms with Crippen molar-refractivity contribution in [2.75, 3.05) is 36.5 Å². The van der Waals surface area contributed by atoms with Crippen LogP contribution in [0.2, 0.25) is 10.0 Å². The third kappa shape index (κ3) is 5.41. The van der Waals surface area contributed by atoms with Crippen LogP contribution in [0.4, 0.5) is 11.4 Å². The third-order valence-corrected chi connectivity index (χ3v) is 7.08. The molecule has 4 rings (SSSR count). The summed E-state index contributed by atoms with van der Waals surface area (Å²) in [6.07, 6.45) is 4.47. The van der Waals surface area contributed by atoms with Crippen molar-refractivity contribution in [3.05, 3.63) is 40.5 Å². The van der Waals surface area contributed by atoms with Crippen molar-refractivity contribution >= 4 is 40.5 Å². The van der Waals surface area contributed by atoms with Crippen LogP contribution in [0.5, 0.6) is 11.6 Å². The molecule has 1 N–H and O–H groups in total. The highest BCUT2D eigenvalue weighted by molar-refractivity contribution is 6.33. The quantitative estimate of drug-likeness (QED) is 0.572. The molecule has 1 aromatic heterocycles. The molecule has 33 heavy (non-hydrogen) atoms. The lowest BCUT2D eigenvalue weighted by molar-refractivity contribution is -0.137. The molecule has 0 bridgehead atoms. The Balaban J connectivity index is 1.41. The maximum absolute atomic E-state index is 11.2. The molecule has 2 aromatic rings. The lowest BCUT2D eigenvalue weighted by atomic mass is 9.96. The molecule has 2 aliphatic rings. The zero-order chi connectivity index (χ0) is 23.5. The van der Waals surface area contributed by atoms with Crippen LogP contribution in [0.25, 0.3) is 0 Å². The number of rotatable bonds is 7. The van der Waals surface area contributed by atoms with Gasteiger partial charge in [-0.05, 0) is 25.0 Å². The molecule has 9 heteroatoms. The van der Waals surface area contributed by atoms with Gasteiger partial charge in [0.15, 0.2) is 0 Å². The van der Waals surface area contributed by atoms with Crippen molar-refractivity contribution in [2.45, 2.75) is 44.8 Å². The lowest BCUT2D eigenvalue weighted by Gasteiger charge is -2.38. The van der Waals surface area contributed by atoms with Crippen LogP contribution >= 0.6 is 23.2 Å². The minimum atomic E-state index is -0.783. The van der Waals surface area contributed by atoms with Crippen LogP contribution in [0.15, 0.2) is 30.5 Å². The molecule has 1 aromatic carbocycles. The summed E-state index contributed by atoms with van der Waals surface area (Å²) in [5.41, 5.74) is 1.79. The molecule has 2 aliphatic heterocycles. The van der Waals surface area contributed by atoms with Crippen LogP contribution in [0.3, 0.4) is 0 Å². The normalized spacial score (nSPS) is 23.0. The highest BCUT2D eigenvalue weighted by Crippen LogP contribution is 2.37. The number of aliphatic carboxylic acids is 1. The minimum Gasteiger partial charge on any atom is -0.490 e. The predicted molar refractivity (Wildman–Crippen MR) is 130 cm³/mol. The first-order valence-electron chi connectivity index (χ1n) is 11.2. The van der Waals surface area contributed by atoms with Gasteiger partial charge in [-0.15, -0.1) is 0 Å². The van der Waals surface area contributed by atoms with Gasteiger partial charge in [0, 0.05) is 50.1 Å². The van der Waals surface area contributed by atoms with E-state index in [4.69, 9.17) is 32.7 Å². The monoisotopic (exact) mass is 493 g/mol. The number of hydrogen-bond donors (Lipinski definition) is 1. The van der Waals surface area contributed by atoms with E-state index in [0.29, 0.717) is 15.9 Å². The molecule has 0 radical (unpaired) electrons. The SMILES string of the molecule is COc1cc(N2CCC(Oc3ccc(N4CCC[C@@H]4CC(=O)O)c(Cl)c3)C(C)C2)c(Cl)cn1. The van der Waals surface area contributed by atoms with Gasteiger partial charge in [0.2, 0.25) is 5.88 Å². The van der Waals surface area contributed by atoms with Gasteiger partial charge < -0.3 is 24.4 Å². The van der Waals surface area contributed by atoms with E-state index in [1.165, 1.54) is 0 Å². The number of piperidine rings is 1. The summed E-state index contributed by atoms with van der Waals surface area (Å²) in [7, 11) is 1.59. The molecule has 3 heterocycles. The maximum atomic E-state index is 11.2. The number of carboxylic acid groups (broad SMARTS) is 1. The van der Waals surface area contributed by atoms with E-state index in [2.05, 4.69) is 21.7 Å². The summed E-state index contributed by atoms with van der Waals surface area (Å²) in [6.45, 7) is 4.59. The molecule has 3 atom stereocenters. The minimum absolute atomic E-state index is 0.0187. The first-order valence-corrected chi connectivity index (χ1v) is 12.0. The van der Waals surface area contributed by atoms with Gasteiger partial charge in [0.25, 0.3) is 0 Å². The Morgan fingerprint density at radius 3 is 2.70 bits per heavy atom. The molecule has 7 nitrogen and oxygen atoms in total. The topological polar surface area (TPSA) is 75.1 Å². The molecular weight excluding hydrogens is 465 g/mol. The number of anilines is 2. The zero-order valence-corrected chi connectivity index (χ0v) is 20.3. The fourth-order valence-corrected chi connectivity index (χ4v) is 5.32. The number of methoxy groups -OCH3 is 1. The van der Waals surface area contributed by atoms with Crippen molar-refractivity contribution in [2.24, 2.45) is 5.92 Å². The second-order valence-electron chi connectivity index (χ2n) is 8.75. The lowest BCUT2D eigenvalue weighted by Crippen LogP contribution is -2.44. The van der Waals surface area contributed by atoms with E-state index in [0.717, 1.165) is 56.0 Å². The first kappa shape index (κ1) is 23.8. The van der Waals surface area contributed by atoms with Crippen LogP contribution in [0.1, 0.15) is 32.6 Å². The van der Waals surface area contributed by atoms with Crippen molar-refractivity contribution < 1.29 is 19.4 Å². The summed E-state index contributed by atoms with van der Waals surface area (Å²) >= 11 is 13.0. The summed E-state index contributed by atoms with van der Waals surface area (Å²) in [5.74, 6) is 0.756. The molecule has 178 valence electrons. The summed E-state index contributed by atoms with van der Waals surface area (Å²) in [5, 5.41) is 10.4. The molecule has 0 amide bonds. The van der Waals surface area contributed by atoms with Crippen molar-refractivity contribution in [1.29, 1.82) is 0 Å². The molecular formula is C24H29Cl2N3O4. The summed E-state index contributed by atoms with van der Waals surface area (Å²) < 4.78 is 11.6. The van der Waals surface area contributed by atoms with Gasteiger partial charge in [-0.25, -0.2) is 4.98 Å². The Morgan fingerprint density at radius 2 is 2.00 bits per heavy atom. The molecule has 2 saturated heterocycles. The van der Waals surface area contributed by atoms with E-state index in [1.54, 1.807) is 13.3 Å². The van der Waals surface area contributed by atoms with Gasteiger partial charge in [0.1, 0.15) is 11.9 Å². The Kier molecular flexibility index (Phi) is 7.39. The second-order valence-corrected chi connectivity index (χ2v) is 9.56. The van der Waals surface area contributed by atoms with Crippen LogP contribution in [-0.4, -0.2) is 54.9 Å². The molecule has 2 unspecified atom stereocenters. The smallest absolute Gasteiger partial charge is 0.305 e. The third-order valence-electron chi connectivity index (χ3n) is 6.49. The van der Waals surface area contributed by atoms with Gasteiger partial charge in [-0.2, -0.15) is 0 Å². The number of benzene rings is 1. The number of carbonyl (C=O) groups is 1. The fourth-order valence-electron chi connectivity index (χ4n) is 4.82. The first-order chi connectivity index (χ1) is 15.9. The summed E-state index contributed by atoms with van der Waals surface area (Å²) in [4.78, 5) is 19.7. The predicted octanol–water partition coefficient (Wildman–Crippen LogP) is 5.13. The van der Waals surface area contributed by atoms with E-state index in [9.17, 15) is 9.90 Å². The van der Waals surface area contributed by atoms with E-state index < -0.39 is 5.97 Å². The number of ether oxygens (including phenoxy) is 2. The number of aromatic nitrogens is 1. The molecule has 0 aliphatic carbocycles. The Morgan fingerprint density at radius 1 is 1.18 bits per heavy atom. The Labute approximate surface area is 204 Å². The molecule has 2 fully saturated rings. The highest BCUT2D eigenvalue weighted by atomic mass is 35.5. The fraction of sp³-hybridized carbons (Fsp3) is 0.500. The number of halogens is 2. The van der Waals surface area contributed by atoms with E-state index >= 15 is 0 Å². The van der Waals surface area contributed by atoms with Gasteiger partial charge in [-0.1, -0.05) is 30.1 Å². The van der Waals surface area contributed by atoms with Crippen molar-refractivity contribution in [3.8, 4) is 11.6 Å². The number of pyridine rings is 1. The number of nitrogens with zero attached hydrogens (tertiary/aromatic N) is 3. The van der Waals surface area contributed by atoms with Crippen LogP contribution < -0.4 is 19.3 Å². The van der Waals surface area contributed by atoms with Crippen LogP contribution in [0, 0.1) is 5.92 Å². The average molecular weight is 494 g/mol. The highest BCUT2D eigenvalue weighted by Gasteiger charge is 2.30. The second kappa shape index (κ2) is 10.3. The van der Waals surface area contributed by atoms with Gasteiger partial charge in [-0.3, -0.25) is 4.79 Å². The number of carboxylic acids is 1. The standard InChI is InChI=1S/C24H29Cl2N3O4/c1-15-14-28(21-12-23(32-2)27-13-19(21)26)9-7-22(15)33-17-5-6-20(18(25)11-17)29-8-3-4-16(29)10-24(30)31/h5-6,11-13,15-16,22H,3-4,7-10,14H2,1-2H3,(H,30,31)/t15?,16-,22?/m1/s1. The molecule has 0 saturated carbocycles. The van der Waals surface area contributed by atoms with Gasteiger partial charge >= 0.3 is 5.97 Å². The Bertz CT molecular complexity index is 1010. The van der Waals surface area contributed by atoms with Crippen molar-refractivity contribution in [1.82, 2.24) is 4.98 Å². The average Bonchev–Trinajstić information content (AvgIpc) is 3.22. The zero-order valence-electron chi connectivity index (χ0n) is 18.8. The molecule has 0 spiro atoms. The van der Waals surface area contributed by atoms with Crippen LogP contribution in [-0.2, 0) is 4.79 Å². The Hall–Kier alpha value is -2.38.